The molecule has 0 radical (unpaired) electrons. The number of hydrogen-bond donors (Lipinski definition) is 3. The normalized spacial score (nSPS) is 11.9. The molecule has 39 heavy (non-hydrogen) atoms. The quantitative estimate of drug-likeness (QED) is 0.173. The number of ketones is 1. The highest BCUT2D eigenvalue weighted by molar-refractivity contribution is 6.04. The second-order valence-corrected chi connectivity index (χ2v) is 9.85. The van der Waals surface area contributed by atoms with Crippen LogP contribution < -0.4 is 0 Å². The van der Waals surface area contributed by atoms with E-state index in [0.29, 0.717) is 45.5 Å². The van der Waals surface area contributed by atoms with Gasteiger partial charge in [-0.3, -0.25) is 4.79 Å². The Kier molecular flexibility index (Phi) is 7.28. The van der Waals surface area contributed by atoms with Gasteiger partial charge in [-0.05, 0) is 59.7 Å². The summed E-state index contributed by atoms with van der Waals surface area (Å²) in [6, 6.07) is 25.7. The Morgan fingerprint density at radius 1 is 0.923 bits per heavy atom. The number of imidazole rings is 1. The van der Waals surface area contributed by atoms with Crippen LogP contribution in [0.3, 0.4) is 0 Å². The van der Waals surface area contributed by atoms with E-state index >= 15 is 0 Å². The summed E-state index contributed by atoms with van der Waals surface area (Å²) >= 11 is 0. The fraction of sp³-hybridized carbons (Fsp3) is 0.182. The first kappa shape index (κ1) is 25.9. The molecule has 0 amide bonds. The molecule has 6 heteroatoms. The van der Waals surface area contributed by atoms with Gasteiger partial charge in [-0.15, -0.1) is 0 Å². The van der Waals surface area contributed by atoms with Gasteiger partial charge in [0.15, 0.2) is 5.78 Å². The fourth-order valence-corrected chi connectivity index (χ4v) is 5.28. The second-order valence-electron chi connectivity index (χ2n) is 9.85. The third-order valence-corrected chi connectivity index (χ3v) is 7.20. The molecule has 0 aliphatic rings. The maximum atomic E-state index is 13.4. The van der Waals surface area contributed by atoms with E-state index in [4.69, 9.17) is 0 Å². The molecule has 4 aromatic carbocycles. The Bertz CT molecular complexity index is 1670. The number of H-pyrrole nitrogens is 1. The number of hydrogen-bond acceptors (Lipinski definition) is 4. The highest BCUT2D eigenvalue weighted by atomic mass is 16.4. The number of nitrogens with zero attached hydrogens (tertiary/aromatic N) is 1. The zero-order valence-electron chi connectivity index (χ0n) is 21.9. The van der Waals surface area contributed by atoms with Crippen molar-refractivity contribution in [3.63, 3.8) is 0 Å². The van der Waals surface area contributed by atoms with Crippen molar-refractivity contribution in [2.75, 3.05) is 0 Å². The minimum absolute atomic E-state index is 0.0575. The van der Waals surface area contributed by atoms with Crippen LogP contribution in [0.1, 0.15) is 63.9 Å². The summed E-state index contributed by atoms with van der Waals surface area (Å²) in [6.07, 6.45) is 2.13. The molecule has 0 spiro atoms. The highest BCUT2D eigenvalue weighted by Crippen LogP contribution is 2.38. The van der Waals surface area contributed by atoms with Gasteiger partial charge in [0.1, 0.15) is 17.1 Å². The topological polar surface area (TPSA) is 103 Å². The SMILES string of the molecule is CCC[C@@H](CC(=O)c1ccc(-c2c(C)cccc2-c2nc3c(O)cccc3[nH]2)c(C(=O)O)c1)c1ccccc1. The Morgan fingerprint density at radius 3 is 2.41 bits per heavy atom. The molecule has 1 atom stereocenters. The maximum absolute atomic E-state index is 13.4. The van der Waals surface area contributed by atoms with Crippen LogP contribution in [0.2, 0.25) is 0 Å². The predicted octanol–water partition coefficient (Wildman–Crippen LogP) is 7.77. The van der Waals surface area contributed by atoms with Gasteiger partial charge in [-0.1, -0.05) is 80.1 Å². The number of aromatic carboxylic acids is 1. The first-order chi connectivity index (χ1) is 18.9. The number of aromatic hydroxyl groups is 1. The molecule has 0 fully saturated rings. The molecule has 5 aromatic rings. The predicted molar refractivity (Wildman–Crippen MR) is 153 cm³/mol. The summed E-state index contributed by atoms with van der Waals surface area (Å²) in [5.41, 5.74) is 5.47. The third-order valence-electron chi connectivity index (χ3n) is 7.20. The van der Waals surface area contributed by atoms with Crippen LogP contribution in [0.5, 0.6) is 5.75 Å². The highest BCUT2D eigenvalue weighted by Gasteiger charge is 2.23. The zero-order valence-corrected chi connectivity index (χ0v) is 21.9. The molecule has 6 nitrogen and oxygen atoms in total. The minimum atomic E-state index is -1.11. The van der Waals surface area contributed by atoms with Gasteiger partial charge in [0, 0.05) is 17.5 Å². The fourth-order valence-electron chi connectivity index (χ4n) is 5.28. The number of phenolic OH excluding ortho intramolecular Hbond substituents is 1. The lowest BCUT2D eigenvalue weighted by molar-refractivity contribution is 0.0697. The Hall–Kier alpha value is -4.71. The number of carbonyl (C=O) groups excluding carboxylic acids is 1. The van der Waals surface area contributed by atoms with Crippen LogP contribution in [0.25, 0.3) is 33.5 Å². The van der Waals surface area contributed by atoms with E-state index in [1.165, 1.54) is 6.07 Å². The average Bonchev–Trinajstić information content (AvgIpc) is 3.38. The molecular formula is C33H30N2O4. The number of benzene rings is 4. The molecule has 0 aliphatic heterocycles. The van der Waals surface area contributed by atoms with Crippen molar-refractivity contribution in [2.24, 2.45) is 0 Å². The number of rotatable bonds is 9. The van der Waals surface area contributed by atoms with E-state index in [1.807, 2.05) is 61.5 Å². The maximum Gasteiger partial charge on any atom is 0.336 e. The monoisotopic (exact) mass is 518 g/mol. The average molecular weight is 519 g/mol. The van der Waals surface area contributed by atoms with Crippen molar-refractivity contribution >= 4 is 22.8 Å². The van der Waals surface area contributed by atoms with E-state index in [-0.39, 0.29) is 23.0 Å². The number of phenols is 1. The number of aromatic amines is 1. The van der Waals surface area contributed by atoms with Gasteiger partial charge in [0.25, 0.3) is 0 Å². The van der Waals surface area contributed by atoms with Crippen molar-refractivity contribution < 1.29 is 19.8 Å². The second kappa shape index (κ2) is 11.0. The number of para-hydroxylation sites is 1. The van der Waals surface area contributed by atoms with E-state index in [2.05, 4.69) is 16.9 Å². The van der Waals surface area contributed by atoms with Gasteiger partial charge in [-0.2, -0.15) is 0 Å². The van der Waals surface area contributed by atoms with Gasteiger partial charge in [-0.25, -0.2) is 9.78 Å². The van der Waals surface area contributed by atoms with Gasteiger partial charge in [0.05, 0.1) is 11.1 Å². The number of carbonyl (C=O) groups is 2. The number of aryl methyl sites for hydroxylation is 1. The van der Waals surface area contributed by atoms with Crippen molar-refractivity contribution in [3.05, 3.63) is 107 Å². The van der Waals surface area contributed by atoms with Gasteiger partial charge in [0.2, 0.25) is 0 Å². The largest absolute Gasteiger partial charge is 0.506 e. The van der Waals surface area contributed by atoms with Crippen LogP contribution in [0, 0.1) is 6.92 Å². The summed E-state index contributed by atoms with van der Waals surface area (Å²) < 4.78 is 0. The molecule has 0 bridgehead atoms. The molecule has 0 aliphatic carbocycles. The molecule has 1 aromatic heterocycles. The summed E-state index contributed by atoms with van der Waals surface area (Å²) in [5, 5.41) is 20.5. The lowest BCUT2D eigenvalue weighted by atomic mass is 9.86. The Labute approximate surface area is 227 Å². The van der Waals surface area contributed by atoms with Crippen molar-refractivity contribution in [2.45, 2.75) is 39.0 Å². The van der Waals surface area contributed by atoms with E-state index in [0.717, 1.165) is 24.0 Å². The number of Topliss-reactive ketones (excluding diaryl/α,β-unsaturated/α-hetero) is 1. The Morgan fingerprint density at radius 2 is 1.69 bits per heavy atom. The van der Waals surface area contributed by atoms with Crippen LogP contribution in [0.15, 0.2) is 84.9 Å². The van der Waals surface area contributed by atoms with Gasteiger partial charge >= 0.3 is 5.97 Å². The summed E-state index contributed by atoms with van der Waals surface area (Å²) in [6.45, 7) is 4.01. The lowest BCUT2D eigenvalue weighted by Gasteiger charge is -2.17. The van der Waals surface area contributed by atoms with Crippen LogP contribution in [-0.2, 0) is 0 Å². The lowest BCUT2D eigenvalue weighted by Crippen LogP contribution is -2.10. The van der Waals surface area contributed by atoms with E-state index in [9.17, 15) is 19.8 Å². The molecule has 3 N–H and O–H groups in total. The van der Waals surface area contributed by atoms with Crippen LogP contribution in [0.4, 0.5) is 0 Å². The first-order valence-electron chi connectivity index (χ1n) is 13.1. The number of fused-ring (bicyclic) bond motifs is 1. The summed E-state index contributed by atoms with van der Waals surface area (Å²) in [4.78, 5) is 33.7. The molecule has 0 saturated carbocycles. The van der Waals surface area contributed by atoms with E-state index < -0.39 is 5.97 Å². The number of carboxylic acids is 1. The molecule has 0 saturated heterocycles. The smallest absolute Gasteiger partial charge is 0.336 e. The number of aromatic nitrogens is 2. The summed E-state index contributed by atoms with van der Waals surface area (Å²) in [5.74, 6) is -0.528. The van der Waals surface area contributed by atoms with Crippen LogP contribution >= 0.6 is 0 Å². The first-order valence-corrected chi connectivity index (χ1v) is 13.1. The van der Waals surface area contributed by atoms with Crippen LogP contribution in [-0.4, -0.2) is 31.9 Å². The van der Waals surface area contributed by atoms with Crippen molar-refractivity contribution in [1.82, 2.24) is 9.97 Å². The molecule has 196 valence electrons. The number of nitrogens with one attached hydrogen (secondary N) is 1. The molecule has 1 heterocycles. The zero-order chi connectivity index (χ0) is 27.5. The Balaban J connectivity index is 1.56. The number of carboxylic acid groups (broad SMARTS) is 1. The minimum Gasteiger partial charge on any atom is -0.506 e. The standard InChI is InChI=1S/C33H30N2O4/c1-3-9-22(21-11-5-4-6-12-21)19-29(37)23-16-17-24(26(18-23)33(38)39)30-20(2)10-7-13-25(30)32-34-27-14-8-15-28(36)31(27)35-32/h4-8,10-18,22,36H,3,9,19H2,1-2H3,(H,34,35)(H,38,39)/t22-/m0/s1. The third kappa shape index (κ3) is 5.18. The molecule has 0 unspecified atom stereocenters. The van der Waals surface area contributed by atoms with E-state index in [1.54, 1.807) is 24.3 Å². The summed E-state index contributed by atoms with van der Waals surface area (Å²) in [7, 11) is 0. The van der Waals surface area contributed by atoms with Crippen molar-refractivity contribution in [3.8, 4) is 28.3 Å². The van der Waals surface area contributed by atoms with Crippen molar-refractivity contribution in [1.29, 1.82) is 0 Å². The molecule has 5 rings (SSSR count). The van der Waals surface area contributed by atoms with Gasteiger partial charge < -0.3 is 15.2 Å². The molecular weight excluding hydrogens is 488 g/mol.